The Bertz CT molecular complexity index is 666. The van der Waals surface area contributed by atoms with Crippen molar-refractivity contribution in [1.29, 1.82) is 0 Å². The van der Waals surface area contributed by atoms with E-state index in [-0.39, 0.29) is 11.7 Å². The molecule has 5 heteroatoms. The average Bonchev–Trinajstić information content (AvgIpc) is 2.97. The van der Waals surface area contributed by atoms with Crippen LogP contribution in [0.15, 0.2) is 54.6 Å². The molecule has 1 heterocycles. The van der Waals surface area contributed by atoms with E-state index in [4.69, 9.17) is 4.74 Å². The Labute approximate surface area is 122 Å². The largest absolute Gasteiger partial charge is 0.437 e. The number of non-ortho nitro benzene ring substituents is 1. The molecule has 0 saturated carbocycles. The van der Waals surface area contributed by atoms with Crippen molar-refractivity contribution in [1.82, 2.24) is 0 Å². The predicted octanol–water partition coefficient (Wildman–Crippen LogP) is 1.06. The molecule has 3 rings (SSSR count). The third-order valence-corrected chi connectivity index (χ3v) is 3.43. The summed E-state index contributed by atoms with van der Waals surface area (Å²) < 4.78 is 5.66. The molecule has 0 bridgehead atoms. The molecule has 1 aliphatic heterocycles. The van der Waals surface area contributed by atoms with Crippen LogP contribution in [0.5, 0.6) is 0 Å². The van der Waals surface area contributed by atoms with Gasteiger partial charge in [-0.05, 0) is 17.7 Å². The molecular formula is C16H15N2O3+. The molecule has 0 amide bonds. The highest BCUT2D eigenvalue weighted by Gasteiger charge is 2.27. The molecule has 1 N–H and O–H groups in total. The second-order valence-electron chi connectivity index (χ2n) is 4.98. The summed E-state index contributed by atoms with van der Waals surface area (Å²) in [7, 11) is 0. The Balaban J connectivity index is 1.72. The molecule has 1 aliphatic rings. The quantitative estimate of drug-likeness (QED) is 0.674. The van der Waals surface area contributed by atoms with Crippen LogP contribution in [0.25, 0.3) is 0 Å². The number of benzene rings is 2. The molecule has 2 aromatic rings. The monoisotopic (exact) mass is 283 g/mol. The average molecular weight is 283 g/mol. The summed E-state index contributed by atoms with van der Waals surface area (Å²) in [6.07, 6.45) is 0.886. The van der Waals surface area contributed by atoms with E-state index in [1.54, 1.807) is 12.1 Å². The number of rotatable bonds is 4. The summed E-state index contributed by atoms with van der Waals surface area (Å²) >= 11 is 0. The van der Waals surface area contributed by atoms with Gasteiger partial charge in [-0.3, -0.25) is 10.1 Å². The van der Waals surface area contributed by atoms with Crippen LogP contribution in [0.1, 0.15) is 11.1 Å². The first-order chi connectivity index (χ1) is 10.2. The van der Waals surface area contributed by atoms with Crippen molar-refractivity contribution in [2.45, 2.75) is 12.5 Å². The van der Waals surface area contributed by atoms with Gasteiger partial charge in [-0.1, -0.05) is 30.3 Å². The molecule has 0 aromatic heterocycles. The smallest absolute Gasteiger partial charge is 0.368 e. The van der Waals surface area contributed by atoms with Gasteiger partial charge in [-0.2, -0.15) is 0 Å². The van der Waals surface area contributed by atoms with Crippen molar-refractivity contribution in [2.24, 2.45) is 0 Å². The zero-order valence-corrected chi connectivity index (χ0v) is 11.4. The summed E-state index contributed by atoms with van der Waals surface area (Å²) in [5.41, 5.74) is 2.16. The molecule has 1 atom stereocenters. The normalized spacial score (nSPS) is 17.1. The van der Waals surface area contributed by atoms with Crippen LogP contribution >= 0.6 is 0 Å². The number of ether oxygens (including phenoxy) is 1. The topological polar surface area (TPSA) is 66.3 Å². The molecule has 0 aliphatic carbocycles. The van der Waals surface area contributed by atoms with Crippen molar-refractivity contribution in [3.05, 3.63) is 75.8 Å². The van der Waals surface area contributed by atoms with Gasteiger partial charge in [0.15, 0.2) is 12.6 Å². The molecule has 2 aromatic carbocycles. The van der Waals surface area contributed by atoms with Crippen molar-refractivity contribution in [3.63, 3.8) is 0 Å². The van der Waals surface area contributed by atoms with Gasteiger partial charge in [0.2, 0.25) is 0 Å². The van der Waals surface area contributed by atoms with Crippen molar-refractivity contribution in [3.8, 4) is 0 Å². The maximum absolute atomic E-state index is 10.6. The Kier molecular flexibility index (Phi) is 3.64. The van der Waals surface area contributed by atoms with Crippen molar-refractivity contribution < 1.29 is 14.7 Å². The highest BCUT2D eigenvalue weighted by atomic mass is 16.6. The molecule has 0 radical (unpaired) electrons. The molecule has 0 saturated heterocycles. The number of hydrogen-bond donors (Lipinski definition) is 1. The first-order valence-electron chi connectivity index (χ1n) is 6.77. The Morgan fingerprint density at radius 2 is 1.86 bits per heavy atom. The fourth-order valence-electron chi connectivity index (χ4n) is 2.36. The fourth-order valence-corrected chi connectivity index (χ4v) is 2.36. The number of hydrogen-bond acceptors (Lipinski definition) is 3. The van der Waals surface area contributed by atoms with Gasteiger partial charge in [0, 0.05) is 18.6 Å². The van der Waals surface area contributed by atoms with E-state index in [2.05, 4.69) is 17.1 Å². The van der Waals surface area contributed by atoms with Crippen molar-refractivity contribution in [2.75, 3.05) is 6.61 Å². The van der Waals surface area contributed by atoms with Gasteiger partial charge in [0.1, 0.15) is 0 Å². The van der Waals surface area contributed by atoms with Gasteiger partial charge < -0.3 is 4.74 Å². The zero-order valence-electron chi connectivity index (χ0n) is 11.4. The lowest BCUT2D eigenvalue weighted by Crippen LogP contribution is -2.77. The van der Waals surface area contributed by atoms with E-state index < -0.39 is 4.92 Å². The summed E-state index contributed by atoms with van der Waals surface area (Å²) in [6, 6.07) is 16.8. The second-order valence-corrected chi connectivity index (χ2v) is 4.98. The summed E-state index contributed by atoms with van der Waals surface area (Å²) in [6.45, 7) is 0.598. The molecular weight excluding hydrogens is 268 g/mol. The van der Waals surface area contributed by atoms with Crippen LogP contribution in [0, 0.1) is 10.1 Å². The zero-order chi connectivity index (χ0) is 14.7. The summed E-state index contributed by atoms with van der Waals surface area (Å²) in [4.78, 5) is 13.6. The summed E-state index contributed by atoms with van der Waals surface area (Å²) in [5.74, 6) is 0.686. The minimum absolute atomic E-state index is 0.0817. The minimum Gasteiger partial charge on any atom is -0.437 e. The van der Waals surface area contributed by atoms with Gasteiger partial charge in [0.05, 0.1) is 10.5 Å². The van der Waals surface area contributed by atoms with Gasteiger partial charge in [-0.25, -0.2) is 4.99 Å². The molecule has 21 heavy (non-hydrogen) atoms. The van der Waals surface area contributed by atoms with Crippen LogP contribution < -0.4 is 4.99 Å². The molecule has 5 nitrogen and oxygen atoms in total. The second kappa shape index (κ2) is 5.75. The maximum Gasteiger partial charge on any atom is 0.368 e. The third kappa shape index (κ3) is 3.08. The van der Waals surface area contributed by atoms with E-state index in [1.807, 2.05) is 18.2 Å². The lowest BCUT2D eigenvalue weighted by atomic mass is 10.1. The molecule has 0 spiro atoms. The Hall–Kier alpha value is -2.69. The van der Waals surface area contributed by atoms with Crippen molar-refractivity contribution >= 4 is 11.6 Å². The Morgan fingerprint density at radius 1 is 1.14 bits per heavy atom. The standard InChI is InChI=1S/C16H14N2O3/c19-18(20)15-8-6-13(7-9-15)16-17-14(11-21-16)10-12-4-2-1-3-5-12/h1-9,14H,10-11H2/p+1/t14-/m0/s1. The minimum atomic E-state index is -0.407. The number of nitro benzene ring substituents is 1. The first kappa shape index (κ1) is 13.3. The van der Waals surface area contributed by atoms with Crippen LogP contribution in [-0.2, 0) is 11.2 Å². The van der Waals surface area contributed by atoms with E-state index in [9.17, 15) is 10.1 Å². The summed E-state index contributed by atoms with van der Waals surface area (Å²) in [5, 5.41) is 10.6. The van der Waals surface area contributed by atoms with Gasteiger partial charge in [-0.15, -0.1) is 0 Å². The van der Waals surface area contributed by atoms with Crippen LogP contribution in [0.4, 0.5) is 5.69 Å². The lowest BCUT2D eigenvalue weighted by Gasteiger charge is -1.99. The molecule has 0 unspecified atom stereocenters. The van der Waals surface area contributed by atoms with E-state index in [0.717, 1.165) is 12.0 Å². The van der Waals surface area contributed by atoms with E-state index >= 15 is 0 Å². The molecule has 0 fully saturated rings. The Morgan fingerprint density at radius 3 is 2.52 bits per heavy atom. The fraction of sp³-hybridized carbons (Fsp3) is 0.188. The van der Waals surface area contributed by atoms with Crippen LogP contribution in [-0.4, -0.2) is 23.5 Å². The lowest BCUT2D eigenvalue weighted by molar-refractivity contribution is -0.489. The highest BCUT2D eigenvalue weighted by Crippen LogP contribution is 2.13. The maximum atomic E-state index is 10.6. The SMILES string of the molecule is O=[N+]([O-])c1ccc(C2=[NH+][C@@H](Cc3ccccc3)CO2)cc1. The number of nitrogens with one attached hydrogen (secondary N) is 1. The van der Waals surface area contributed by atoms with E-state index in [0.29, 0.717) is 12.5 Å². The van der Waals surface area contributed by atoms with Gasteiger partial charge in [0.25, 0.3) is 5.69 Å². The number of nitrogens with zero attached hydrogens (tertiary/aromatic N) is 1. The van der Waals surface area contributed by atoms with Crippen LogP contribution in [0.2, 0.25) is 0 Å². The number of nitro groups is 1. The first-order valence-corrected chi connectivity index (χ1v) is 6.77. The third-order valence-electron chi connectivity index (χ3n) is 3.43. The van der Waals surface area contributed by atoms with Crippen LogP contribution in [0.3, 0.4) is 0 Å². The predicted molar refractivity (Wildman–Crippen MR) is 78.1 cm³/mol. The van der Waals surface area contributed by atoms with E-state index in [1.165, 1.54) is 17.7 Å². The van der Waals surface area contributed by atoms with Gasteiger partial charge >= 0.3 is 5.90 Å². The highest BCUT2D eigenvalue weighted by molar-refractivity contribution is 5.90. The molecule has 106 valence electrons.